The Morgan fingerprint density at radius 3 is 2.44 bits per heavy atom. The van der Waals surface area contributed by atoms with Crippen LogP contribution in [-0.2, 0) is 39.8 Å². The normalized spacial score (nSPS) is 9.72. The van der Waals surface area contributed by atoms with E-state index in [2.05, 4.69) is 6.07 Å². The smallest absolute Gasteiger partial charge is 0.207 e. The summed E-state index contributed by atoms with van der Waals surface area (Å²) in [6, 6.07) is 12.4. The van der Waals surface area contributed by atoms with E-state index >= 15 is 0 Å². The third-order valence-electron chi connectivity index (χ3n) is 2.54. The van der Waals surface area contributed by atoms with Gasteiger partial charge in [-0.2, -0.15) is 12.1 Å². The quantitative estimate of drug-likeness (QED) is 0.543. The maximum absolute atomic E-state index is 11.8. The molecule has 0 aliphatic heterocycles. The number of hydrogen-bond donors (Lipinski definition) is 0. The van der Waals surface area contributed by atoms with Crippen LogP contribution in [0.3, 0.4) is 0 Å². The summed E-state index contributed by atoms with van der Waals surface area (Å²) in [7, 11) is 3.38. The van der Waals surface area contributed by atoms with Crippen LogP contribution in [0.5, 0.6) is 5.75 Å². The molecular weight excluding hydrogens is 418 g/mol. The van der Waals surface area contributed by atoms with E-state index in [0.29, 0.717) is 3.57 Å². The van der Waals surface area contributed by atoms with Crippen LogP contribution in [0.1, 0.15) is 0 Å². The first-order valence-electron chi connectivity index (χ1n) is 5.05. The van der Waals surface area contributed by atoms with Crippen LogP contribution in [-0.4, -0.2) is 11.7 Å². The largest absolute Gasteiger partial charge is 0.497 e. The first-order valence-corrected chi connectivity index (χ1v) is 6.13. The van der Waals surface area contributed by atoms with Crippen LogP contribution in [0, 0.1) is 9.64 Å². The van der Waals surface area contributed by atoms with E-state index in [9.17, 15) is 4.79 Å². The van der Waals surface area contributed by atoms with Crippen molar-refractivity contribution in [2.75, 3.05) is 7.11 Å². The monoisotopic (exact) mass is 429 g/mol. The van der Waals surface area contributed by atoms with Crippen molar-refractivity contribution in [2.24, 2.45) is 7.05 Å². The Bertz CT molecular complexity index is 593. The first kappa shape index (κ1) is 15.9. The minimum Gasteiger partial charge on any atom is -0.497 e. The predicted molar refractivity (Wildman–Crippen MR) is 75.2 cm³/mol. The van der Waals surface area contributed by atoms with Gasteiger partial charge in [0, 0.05) is 39.8 Å². The number of hydrogen-bond acceptors (Lipinski definition) is 2. The Hall–Kier alpha value is -0.196. The zero-order valence-corrected chi connectivity index (χ0v) is 15.1. The molecule has 0 aliphatic rings. The summed E-state index contributed by atoms with van der Waals surface area (Å²) < 4.78 is 7.37. The van der Waals surface area contributed by atoms with Gasteiger partial charge < -0.3 is 9.30 Å². The Labute approximate surface area is 145 Å². The van der Waals surface area contributed by atoms with E-state index in [1.807, 2.05) is 46.9 Å². The van der Waals surface area contributed by atoms with Crippen LogP contribution in [0.25, 0.3) is 11.3 Å². The van der Waals surface area contributed by atoms with Gasteiger partial charge in [-0.3, -0.25) is 4.79 Å². The van der Waals surface area contributed by atoms with Crippen molar-refractivity contribution in [1.29, 1.82) is 0 Å². The molecule has 1 aromatic carbocycles. The fraction of sp³-hybridized carbons (Fsp3) is 0.154. The van der Waals surface area contributed by atoms with Gasteiger partial charge in [0.25, 0.3) is 0 Å². The van der Waals surface area contributed by atoms with Crippen molar-refractivity contribution in [1.82, 2.24) is 4.57 Å². The molecule has 2 aromatic rings. The van der Waals surface area contributed by atoms with Gasteiger partial charge in [0.05, 0.1) is 7.11 Å². The molecule has 91 valence electrons. The molecule has 3 nitrogen and oxygen atoms in total. The number of rotatable bonds is 2. The molecule has 0 aliphatic carbocycles. The molecule has 0 unspecified atom stereocenters. The summed E-state index contributed by atoms with van der Waals surface area (Å²) in [6.45, 7) is 0. The molecule has 2 rings (SSSR count). The van der Waals surface area contributed by atoms with E-state index in [-0.39, 0.29) is 38.3 Å². The SMILES string of the molecule is COc1ccc(-c2[c-]cc(I)c(=O)n2C)cc1.[Y]. The second kappa shape index (κ2) is 6.82. The van der Waals surface area contributed by atoms with E-state index < -0.39 is 0 Å². The average Bonchev–Trinajstić information content (AvgIpc) is 2.36. The van der Waals surface area contributed by atoms with E-state index in [4.69, 9.17) is 4.74 Å². The fourth-order valence-electron chi connectivity index (χ4n) is 1.58. The third kappa shape index (κ3) is 3.22. The molecule has 1 aromatic heterocycles. The molecule has 0 atom stereocenters. The minimum absolute atomic E-state index is 0. The first-order chi connectivity index (χ1) is 8.13. The molecule has 0 fully saturated rings. The van der Waals surface area contributed by atoms with Crippen LogP contribution in [0.15, 0.2) is 35.1 Å². The Morgan fingerprint density at radius 2 is 1.89 bits per heavy atom. The van der Waals surface area contributed by atoms with Crippen molar-refractivity contribution in [3.63, 3.8) is 0 Å². The predicted octanol–water partition coefficient (Wildman–Crippen LogP) is 2.46. The van der Waals surface area contributed by atoms with Crippen LogP contribution < -0.4 is 10.3 Å². The van der Waals surface area contributed by atoms with Gasteiger partial charge in [-0.1, -0.05) is 11.3 Å². The summed E-state index contributed by atoms with van der Waals surface area (Å²) in [6.07, 6.45) is 0. The van der Waals surface area contributed by atoms with Crippen LogP contribution >= 0.6 is 22.6 Å². The van der Waals surface area contributed by atoms with Gasteiger partial charge in [-0.15, -0.1) is 34.7 Å². The number of benzene rings is 1. The van der Waals surface area contributed by atoms with Crippen molar-refractivity contribution < 1.29 is 37.4 Å². The zero-order valence-electron chi connectivity index (χ0n) is 10.1. The standard InChI is InChI=1S/C13H11INO2.Y/c1-15-12(8-7-11(14)13(15)16)9-3-5-10(17-2)6-4-9;/h3-7H,1-2H3;/q-1;. The molecule has 1 radical (unpaired) electrons. The molecule has 1 heterocycles. The van der Waals surface area contributed by atoms with Gasteiger partial charge in [0.15, 0.2) is 0 Å². The number of nitrogens with zero attached hydrogens (tertiary/aromatic N) is 1. The Balaban J connectivity index is 0.00000162. The van der Waals surface area contributed by atoms with E-state index in [0.717, 1.165) is 17.0 Å². The van der Waals surface area contributed by atoms with Crippen LogP contribution in [0.2, 0.25) is 0 Å². The maximum atomic E-state index is 11.8. The summed E-state index contributed by atoms with van der Waals surface area (Å²) in [4.78, 5) is 11.8. The number of pyridine rings is 1. The number of ether oxygens (including phenoxy) is 1. The van der Waals surface area contributed by atoms with Gasteiger partial charge in [-0.25, -0.2) is 0 Å². The van der Waals surface area contributed by atoms with Gasteiger partial charge >= 0.3 is 0 Å². The van der Waals surface area contributed by atoms with Gasteiger partial charge in [0.2, 0.25) is 5.56 Å². The molecule has 5 heteroatoms. The summed E-state index contributed by atoms with van der Waals surface area (Å²) in [5.74, 6) is 0.796. The zero-order chi connectivity index (χ0) is 12.4. The second-order valence-electron chi connectivity index (χ2n) is 3.58. The molecule has 18 heavy (non-hydrogen) atoms. The van der Waals surface area contributed by atoms with Crippen molar-refractivity contribution >= 4 is 22.6 Å². The number of halogens is 1. The summed E-state index contributed by atoms with van der Waals surface area (Å²) in [5.41, 5.74) is 1.72. The number of methoxy groups -OCH3 is 1. The van der Waals surface area contributed by atoms with Crippen molar-refractivity contribution in [3.8, 4) is 17.0 Å². The molecule has 0 bridgehead atoms. The second-order valence-corrected chi connectivity index (χ2v) is 4.74. The fourth-order valence-corrected chi connectivity index (χ4v) is 2.10. The Morgan fingerprint density at radius 1 is 1.28 bits per heavy atom. The maximum Gasteiger partial charge on any atom is 0.207 e. The van der Waals surface area contributed by atoms with Gasteiger partial charge in [0.1, 0.15) is 5.75 Å². The molecule has 0 spiro atoms. The van der Waals surface area contributed by atoms with E-state index in [1.54, 1.807) is 24.8 Å². The van der Waals surface area contributed by atoms with Gasteiger partial charge in [-0.05, 0) is 15.7 Å². The molecule has 0 saturated carbocycles. The molecule has 0 amide bonds. The molecular formula is C13H11INO2Y-. The minimum atomic E-state index is -0.00447. The molecule has 0 saturated heterocycles. The third-order valence-corrected chi connectivity index (χ3v) is 3.32. The summed E-state index contributed by atoms with van der Waals surface area (Å²) >= 11 is 2.01. The van der Waals surface area contributed by atoms with E-state index in [1.165, 1.54) is 0 Å². The van der Waals surface area contributed by atoms with Crippen molar-refractivity contribution in [3.05, 3.63) is 50.3 Å². The topological polar surface area (TPSA) is 31.2 Å². The van der Waals surface area contributed by atoms with Crippen molar-refractivity contribution in [2.45, 2.75) is 0 Å². The van der Waals surface area contributed by atoms with Crippen LogP contribution in [0.4, 0.5) is 0 Å². The Kier molecular flexibility index (Phi) is 6.01. The number of aromatic nitrogens is 1. The average molecular weight is 429 g/mol. The molecule has 0 N–H and O–H groups in total. The summed E-state index contributed by atoms with van der Waals surface area (Å²) in [5, 5.41) is 0.